The molecular weight excluding hydrogens is 184 g/mol. The van der Waals surface area contributed by atoms with Gasteiger partial charge in [-0.15, -0.1) is 0 Å². The molecule has 0 amide bonds. The maximum absolute atomic E-state index is 5.61. The van der Waals surface area contributed by atoms with Gasteiger partial charge in [-0.1, -0.05) is 6.92 Å². The highest BCUT2D eigenvalue weighted by atomic mass is 16.6. The predicted octanol–water partition coefficient (Wildman–Crippen LogP) is 1.09. The number of rotatable bonds is 9. The van der Waals surface area contributed by atoms with Crippen molar-refractivity contribution < 1.29 is 18.9 Å². The Labute approximate surface area is 86.5 Å². The molecule has 0 aliphatic heterocycles. The summed E-state index contributed by atoms with van der Waals surface area (Å²) in [5, 5.41) is 0. The summed E-state index contributed by atoms with van der Waals surface area (Å²) in [4.78, 5) is 0. The van der Waals surface area contributed by atoms with Crippen LogP contribution in [0.15, 0.2) is 0 Å². The van der Waals surface area contributed by atoms with Crippen molar-refractivity contribution in [1.82, 2.24) is 0 Å². The average molecular weight is 206 g/mol. The molecule has 4 nitrogen and oxygen atoms in total. The van der Waals surface area contributed by atoms with Crippen molar-refractivity contribution in [2.24, 2.45) is 0 Å². The van der Waals surface area contributed by atoms with E-state index in [2.05, 4.69) is 6.92 Å². The molecule has 0 saturated carbocycles. The van der Waals surface area contributed by atoms with Gasteiger partial charge in [-0.25, -0.2) is 0 Å². The Hall–Kier alpha value is -0.160. The van der Waals surface area contributed by atoms with Gasteiger partial charge in [0.2, 0.25) is 0 Å². The molecule has 14 heavy (non-hydrogen) atoms. The minimum atomic E-state index is 0.00547. The van der Waals surface area contributed by atoms with E-state index in [0.29, 0.717) is 19.8 Å². The van der Waals surface area contributed by atoms with E-state index in [-0.39, 0.29) is 12.2 Å². The molecule has 0 heterocycles. The molecule has 0 aromatic heterocycles. The van der Waals surface area contributed by atoms with Crippen molar-refractivity contribution in [3.63, 3.8) is 0 Å². The number of hydrogen-bond acceptors (Lipinski definition) is 4. The van der Waals surface area contributed by atoms with Crippen LogP contribution in [-0.2, 0) is 18.9 Å². The third kappa shape index (κ3) is 6.32. The zero-order valence-electron chi connectivity index (χ0n) is 9.62. The van der Waals surface area contributed by atoms with Gasteiger partial charge in [-0.2, -0.15) is 0 Å². The van der Waals surface area contributed by atoms with Crippen LogP contribution in [0.1, 0.15) is 13.3 Å². The quantitative estimate of drug-likeness (QED) is 0.566. The van der Waals surface area contributed by atoms with Crippen molar-refractivity contribution in [3.05, 3.63) is 0 Å². The summed E-state index contributed by atoms with van der Waals surface area (Å²) >= 11 is 0. The number of hydrogen-bond donors (Lipinski definition) is 0. The monoisotopic (exact) mass is 206 g/mol. The van der Waals surface area contributed by atoms with Crippen LogP contribution in [0.5, 0.6) is 0 Å². The fraction of sp³-hybridized carbons (Fsp3) is 1.00. The van der Waals surface area contributed by atoms with Crippen LogP contribution in [0, 0.1) is 0 Å². The van der Waals surface area contributed by atoms with Gasteiger partial charge in [0, 0.05) is 21.3 Å². The second-order valence-corrected chi connectivity index (χ2v) is 3.13. The van der Waals surface area contributed by atoms with Crippen LogP contribution in [0.3, 0.4) is 0 Å². The molecule has 0 aromatic rings. The van der Waals surface area contributed by atoms with Gasteiger partial charge in [0.25, 0.3) is 0 Å². The third-order valence-electron chi connectivity index (χ3n) is 2.01. The Kier molecular flexibility index (Phi) is 9.29. The van der Waals surface area contributed by atoms with E-state index < -0.39 is 0 Å². The third-order valence-corrected chi connectivity index (χ3v) is 2.01. The summed E-state index contributed by atoms with van der Waals surface area (Å²) in [6.07, 6.45) is 1.09. The molecule has 0 bridgehead atoms. The molecule has 0 saturated heterocycles. The molecule has 86 valence electrons. The SMILES string of the molecule is CCC(COC)OCC(COC)OC. The first-order valence-electron chi connectivity index (χ1n) is 4.90. The van der Waals surface area contributed by atoms with Crippen molar-refractivity contribution in [1.29, 1.82) is 0 Å². The second-order valence-electron chi connectivity index (χ2n) is 3.13. The van der Waals surface area contributed by atoms with Crippen molar-refractivity contribution in [2.75, 3.05) is 41.2 Å². The lowest BCUT2D eigenvalue weighted by molar-refractivity contribution is -0.0713. The molecule has 2 atom stereocenters. The molecule has 0 aromatic carbocycles. The van der Waals surface area contributed by atoms with Crippen LogP contribution in [0.4, 0.5) is 0 Å². The lowest BCUT2D eigenvalue weighted by Crippen LogP contribution is -2.28. The highest BCUT2D eigenvalue weighted by Gasteiger charge is 2.11. The molecule has 0 aliphatic carbocycles. The molecular formula is C10H22O4. The van der Waals surface area contributed by atoms with E-state index in [1.165, 1.54) is 0 Å². The number of ether oxygens (including phenoxy) is 4. The summed E-state index contributed by atoms with van der Waals surface area (Å²) in [5.41, 5.74) is 0. The van der Waals surface area contributed by atoms with E-state index in [1.54, 1.807) is 21.3 Å². The molecule has 2 unspecified atom stereocenters. The molecule has 0 fully saturated rings. The molecule has 0 spiro atoms. The Morgan fingerprint density at radius 1 is 0.857 bits per heavy atom. The smallest absolute Gasteiger partial charge is 0.104 e. The average Bonchev–Trinajstić information content (AvgIpc) is 2.22. The first-order valence-corrected chi connectivity index (χ1v) is 4.90. The van der Waals surface area contributed by atoms with Gasteiger partial charge in [-0.05, 0) is 6.42 Å². The predicted molar refractivity (Wildman–Crippen MR) is 54.6 cm³/mol. The molecule has 0 rings (SSSR count). The summed E-state index contributed by atoms with van der Waals surface area (Å²) in [5.74, 6) is 0. The highest BCUT2D eigenvalue weighted by molar-refractivity contribution is 4.58. The summed E-state index contributed by atoms with van der Waals surface area (Å²) < 4.78 is 20.8. The van der Waals surface area contributed by atoms with Crippen LogP contribution >= 0.6 is 0 Å². The fourth-order valence-corrected chi connectivity index (χ4v) is 1.08. The molecule has 4 heteroatoms. The van der Waals surface area contributed by atoms with E-state index in [0.717, 1.165) is 6.42 Å². The van der Waals surface area contributed by atoms with E-state index in [4.69, 9.17) is 18.9 Å². The van der Waals surface area contributed by atoms with Crippen LogP contribution in [0.2, 0.25) is 0 Å². The van der Waals surface area contributed by atoms with Gasteiger partial charge in [0.05, 0.1) is 25.9 Å². The number of methoxy groups -OCH3 is 3. The lowest BCUT2D eigenvalue weighted by Gasteiger charge is -2.19. The maximum Gasteiger partial charge on any atom is 0.104 e. The first-order chi connectivity index (χ1) is 6.78. The van der Waals surface area contributed by atoms with Crippen LogP contribution < -0.4 is 0 Å². The standard InChI is InChI=1S/C10H22O4/c1-5-9(6-11-2)14-8-10(13-4)7-12-3/h9-10H,5-8H2,1-4H3. The van der Waals surface area contributed by atoms with E-state index in [9.17, 15) is 0 Å². The zero-order chi connectivity index (χ0) is 10.8. The van der Waals surface area contributed by atoms with Gasteiger partial charge < -0.3 is 18.9 Å². The van der Waals surface area contributed by atoms with E-state index >= 15 is 0 Å². The van der Waals surface area contributed by atoms with Crippen molar-refractivity contribution >= 4 is 0 Å². The lowest BCUT2D eigenvalue weighted by atomic mass is 10.3. The Morgan fingerprint density at radius 2 is 1.43 bits per heavy atom. The van der Waals surface area contributed by atoms with Crippen LogP contribution in [0.25, 0.3) is 0 Å². The minimum absolute atomic E-state index is 0.00547. The molecule has 0 radical (unpaired) electrons. The second kappa shape index (κ2) is 9.40. The van der Waals surface area contributed by atoms with Crippen molar-refractivity contribution in [3.8, 4) is 0 Å². The largest absolute Gasteiger partial charge is 0.382 e. The highest BCUT2D eigenvalue weighted by Crippen LogP contribution is 2.01. The zero-order valence-corrected chi connectivity index (χ0v) is 9.62. The Morgan fingerprint density at radius 3 is 1.86 bits per heavy atom. The first kappa shape index (κ1) is 13.8. The van der Waals surface area contributed by atoms with Crippen LogP contribution in [-0.4, -0.2) is 53.4 Å². The normalized spacial score (nSPS) is 15.4. The van der Waals surface area contributed by atoms with E-state index in [1.807, 2.05) is 0 Å². The maximum atomic E-state index is 5.61. The fourth-order valence-electron chi connectivity index (χ4n) is 1.08. The van der Waals surface area contributed by atoms with Gasteiger partial charge in [-0.3, -0.25) is 0 Å². The summed E-state index contributed by atoms with van der Waals surface area (Å²) in [6, 6.07) is 0. The van der Waals surface area contributed by atoms with Gasteiger partial charge in [0.1, 0.15) is 6.10 Å². The Bertz CT molecular complexity index is 105. The summed E-state index contributed by atoms with van der Waals surface area (Å²) in [6.45, 7) is 3.80. The molecule has 0 aliphatic rings. The minimum Gasteiger partial charge on any atom is -0.382 e. The van der Waals surface area contributed by atoms with Gasteiger partial charge >= 0.3 is 0 Å². The molecule has 0 N–H and O–H groups in total. The van der Waals surface area contributed by atoms with Crippen molar-refractivity contribution in [2.45, 2.75) is 25.6 Å². The Balaban J connectivity index is 3.63. The summed E-state index contributed by atoms with van der Waals surface area (Å²) in [7, 11) is 4.98. The topological polar surface area (TPSA) is 36.9 Å². The van der Waals surface area contributed by atoms with Gasteiger partial charge in [0.15, 0.2) is 0 Å².